The molecule has 1 heterocycles. The number of likely N-dealkylation sites (tertiary alicyclic amines) is 1. The van der Waals surface area contributed by atoms with Gasteiger partial charge in [-0.05, 0) is 57.3 Å². The van der Waals surface area contributed by atoms with Crippen LogP contribution in [-0.2, 0) is 22.6 Å². The highest BCUT2D eigenvalue weighted by Crippen LogP contribution is 2.53. The van der Waals surface area contributed by atoms with Gasteiger partial charge in [-0.2, -0.15) is 13.2 Å². The molecule has 3 aliphatic carbocycles. The van der Waals surface area contributed by atoms with Gasteiger partial charge in [0.1, 0.15) is 22.8 Å². The highest BCUT2D eigenvalue weighted by Gasteiger charge is 2.63. The van der Waals surface area contributed by atoms with Crippen molar-refractivity contribution in [1.82, 2.24) is 9.80 Å². The number of likely N-dealkylation sites (N-methyl/N-ethyl adjacent to an activating group) is 1. The van der Waals surface area contributed by atoms with E-state index in [1.807, 2.05) is 0 Å². The van der Waals surface area contributed by atoms with E-state index in [9.17, 15) is 53.1 Å². The number of aliphatic hydroxyl groups is 4. The number of amides is 1. The Morgan fingerprint density at radius 3 is 2.20 bits per heavy atom. The molecule has 0 spiro atoms. The standard InChI is InChI=1S/C30H37F3N4O8/c1-35(2)17-11-14(12-37-7-5-28(44,6-8-37)30(31,32)33)22(38)19-15(17)9-13-10-16-21(36(3)4)24(40)20(27(34)43)26(42)29(16,45)25(41)18(13)23(19)39/h11,13,16,21,38,40-41,44-45H,5-10,12H2,1-4H3,(H2,34,43)/t13-,16-,21-,29-/m0/s1. The molecule has 5 rings (SSSR count). The van der Waals surface area contributed by atoms with Crippen molar-refractivity contribution < 1.29 is 53.1 Å². The SMILES string of the molecule is CN(C)c1cc(CN2CCC(O)(C(F)(F)F)CC2)c(O)c2c1C[C@H]1C[C@H]3[C@H](N(C)C)C(O)=C(C(N)=O)C(=O)[C@@]3(O)C(O)=C1C2=O. The fourth-order valence-electron chi connectivity index (χ4n) is 7.48. The first-order valence-electron chi connectivity index (χ1n) is 14.5. The summed E-state index contributed by atoms with van der Waals surface area (Å²) in [5.41, 5.74) is -0.405. The van der Waals surface area contributed by atoms with E-state index < -0.39 is 88.4 Å². The van der Waals surface area contributed by atoms with Gasteiger partial charge in [-0.25, -0.2) is 0 Å². The van der Waals surface area contributed by atoms with Gasteiger partial charge in [0.25, 0.3) is 5.91 Å². The summed E-state index contributed by atoms with van der Waals surface area (Å²) in [5, 5.41) is 55.7. The molecule has 4 aliphatic rings. The zero-order valence-electron chi connectivity index (χ0n) is 25.3. The minimum Gasteiger partial charge on any atom is -0.510 e. The molecule has 1 amide bonds. The first kappa shape index (κ1) is 32.7. The van der Waals surface area contributed by atoms with Crippen molar-refractivity contribution >= 4 is 23.2 Å². The number of ketones is 2. The number of phenolic OH excluding ortho intramolecular Hbond substituents is 1. The first-order valence-corrected chi connectivity index (χ1v) is 14.5. The summed E-state index contributed by atoms with van der Waals surface area (Å²) < 4.78 is 40.0. The quantitative estimate of drug-likeness (QED) is 0.253. The van der Waals surface area contributed by atoms with Gasteiger partial charge in [0.05, 0.1) is 11.6 Å². The smallest absolute Gasteiger partial charge is 0.417 e. The van der Waals surface area contributed by atoms with Crippen LogP contribution in [0.4, 0.5) is 18.9 Å². The molecule has 1 aromatic carbocycles. The fraction of sp³-hybridized carbons (Fsp3) is 0.567. The van der Waals surface area contributed by atoms with Gasteiger partial charge in [0, 0.05) is 56.5 Å². The lowest BCUT2D eigenvalue weighted by atomic mass is 9.58. The molecule has 246 valence electrons. The van der Waals surface area contributed by atoms with Crippen LogP contribution in [0.5, 0.6) is 5.75 Å². The average molecular weight is 639 g/mol. The van der Waals surface area contributed by atoms with Crippen LogP contribution in [0.25, 0.3) is 0 Å². The number of hydrogen-bond acceptors (Lipinski definition) is 11. The van der Waals surface area contributed by atoms with E-state index in [0.29, 0.717) is 11.3 Å². The number of nitrogens with two attached hydrogens (primary N) is 1. The molecule has 1 fully saturated rings. The van der Waals surface area contributed by atoms with Crippen LogP contribution in [0.1, 0.15) is 40.7 Å². The van der Waals surface area contributed by atoms with Crippen LogP contribution >= 0.6 is 0 Å². The zero-order valence-corrected chi connectivity index (χ0v) is 25.3. The molecule has 0 aromatic heterocycles. The Kier molecular flexibility index (Phi) is 7.79. The molecule has 12 nitrogen and oxygen atoms in total. The molecular weight excluding hydrogens is 601 g/mol. The molecule has 1 aliphatic heterocycles. The van der Waals surface area contributed by atoms with Crippen molar-refractivity contribution in [3.63, 3.8) is 0 Å². The second-order valence-electron chi connectivity index (χ2n) is 12.9. The van der Waals surface area contributed by atoms with Crippen LogP contribution in [0.3, 0.4) is 0 Å². The van der Waals surface area contributed by atoms with E-state index in [2.05, 4.69) is 0 Å². The van der Waals surface area contributed by atoms with Crippen LogP contribution in [-0.4, -0.2) is 118 Å². The molecule has 1 saturated heterocycles. The molecule has 0 saturated carbocycles. The topological polar surface area (TPSA) is 188 Å². The summed E-state index contributed by atoms with van der Waals surface area (Å²) in [6, 6.07) is 0.527. The van der Waals surface area contributed by atoms with Gasteiger partial charge in [0.15, 0.2) is 17.0 Å². The number of allylic oxidation sites excluding steroid dienone is 1. The number of Topliss-reactive ketones (excluding diaryl/α,β-unsaturated/α-hetero) is 2. The number of carbonyl (C=O) groups is 3. The van der Waals surface area contributed by atoms with Gasteiger partial charge in [-0.3, -0.25) is 24.2 Å². The van der Waals surface area contributed by atoms with E-state index in [1.54, 1.807) is 44.1 Å². The summed E-state index contributed by atoms with van der Waals surface area (Å²) in [6.45, 7) is -0.299. The third kappa shape index (κ3) is 4.78. The van der Waals surface area contributed by atoms with Gasteiger partial charge in [-0.1, -0.05) is 0 Å². The second kappa shape index (κ2) is 10.7. The van der Waals surface area contributed by atoms with Crippen molar-refractivity contribution in [2.75, 3.05) is 46.2 Å². The zero-order chi connectivity index (χ0) is 33.5. The van der Waals surface area contributed by atoms with E-state index in [0.717, 1.165) is 0 Å². The number of primary amides is 1. The van der Waals surface area contributed by atoms with E-state index >= 15 is 0 Å². The van der Waals surface area contributed by atoms with Gasteiger partial charge < -0.3 is 36.2 Å². The Morgan fingerprint density at radius 2 is 1.69 bits per heavy atom. The Balaban J connectivity index is 1.59. The lowest BCUT2D eigenvalue weighted by Gasteiger charge is -2.50. The number of benzene rings is 1. The highest BCUT2D eigenvalue weighted by molar-refractivity contribution is 6.25. The largest absolute Gasteiger partial charge is 0.510 e. The van der Waals surface area contributed by atoms with E-state index in [1.165, 1.54) is 4.90 Å². The fourth-order valence-corrected chi connectivity index (χ4v) is 7.48. The Labute approximate surface area is 256 Å². The van der Waals surface area contributed by atoms with Crippen molar-refractivity contribution in [2.45, 2.75) is 55.6 Å². The Morgan fingerprint density at radius 1 is 1.09 bits per heavy atom. The molecule has 0 unspecified atom stereocenters. The maximum Gasteiger partial charge on any atom is 0.417 e. The third-order valence-corrected chi connectivity index (χ3v) is 9.86. The molecule has 0 radical (unpaired) electrons. The summed E-state index contributed by atoms with van der Waals surface area (Å²) in [6.07, 6.45) is -5.88. The van der Waals surface area contributed by atoms with Gasteiger partial charge in [0.2, 0.25) is 5.78 Å². The summed E-state index contributed by atoms with van der Waals surface area (Å²) in [5.74, 6) is -7.52. The predicted molar refractivity (Wildman–Crippen MR) is 154 cm³/mol. The van der Waals surface area contributed by atoms with Crippen LogP contribution in [0, 0.1) is 11.8 Å². The molecule has 4 atom stereocenters. The normalized spacial score (nSPS) is 28.6. The van der Waals surface area contributed by atoms with Crippen molar-refractivity contribution in [2.24, 2.45) is 17.6 Å². The van der Waals surface area contributed by atoms with Crippen molar-refractivity contribution in [1.29, 1.82) is 0 Å². The highest BCUT2D eigenvalue weighted by atomic mass is 19.4. The molecule has 1 aromatic rings. The molecule has 45 heavy (non-hydrogen) atoms. The summed E-state index contributed by atoms with van der Waals surface area (Å²) >= 11 is 0. The number of aliphatic hydroxyl groups excluding tert-OH is 2. The number of hydrogen-bond donors (Lipinski definition) is 6. The number of alkyl halides is 3. The van der Waals surface area contributed by atoms with Crippen molar-refractivity contribution in [3.05, 3.63) is 45.4 Å². The number of rotatable bonds is 5. The van der Waals surface area contributed by atoms with E-state index in [4.69, 9.17) is 5.73 Å². The molecule has 7 N–H and O–H groups in total. The first-order chi connectivity index (χ1) is 20.8. The number of carbonyl (C=O) groups excluding carboxylic acids is 3. The Bertz CT molecular complexity index is 1540. The second-order valence-corrected chi connectivity index (χ2v) is 12.9. The summed E-state index contributed by atoms with van der Waals surface area (Å²) in [7, 11) is 6.51. The van der Waals surface area contributed by atoms with Crippen molar-refractivity contribution in [3.8, 4) is 5.75 Å². The van der Waals surface area contributed by atoms with Crippen LogP contribution in [0.15, 0.2) is 28.7 Å². The number of aromatic hydroxyl groups is 1. The molecule has 15 heteroatoms. The molecule has 0 bridgehead atoms. The van der Waals surface area contributed by atoms with Crippen LogP contribution in [0.2, 0.25) is 0 Å². The maximum atomic E-state index is 14.2. The van der Waals surface area contributed by atoms with E-state index in [-0.39, 0.29) is 49.2 Å². The minimum absolute atomic E-state index is 0.0450. The Hall–Kier alpha value is -3.66. The maximum absolute atomic E-state index is 14.2. The number of nitrogens with zero attached hydrogens (tertiary/aromatic N) is 3. The summed E-state index contributed by atoms with van der Waals surface area (Å²) in [4.78, 5) is 44.6. The minimum atomic E-state index is -4.79. The third-order valence-electron chi connectivity index (χ3n) is 9.86. The molecular formula is C30H37F3N4O8. The number of fused-ring (bicyclic) bond motifs is 3. The monoisotopic (exact) mass is 638 g/mol. The van der Waals surface area contributed by atoms with Crippen LogP contribution < -0.4 is 10.6 Å². The lowest BCUT2D eigenvalue weighted by Crippen LogP contribution is -2.63. The number of piperidine rings is 1. The lowest BCUT2D eigenvalue weighted by molar-refractivity contribution is -0.272. The number of halogens is 3. The number of anilines is 1. The predicted octanol–water partition coefficient (Wildman–Crippen LogP) is 1.08. The number of phenols is 1. The van der Waals surface area contributed by atoms with Gasteiger partial charge >= 0.3 is 6.18 Å². The van der Waals surface area contributed by atoms with Gasteiger partial charge in [-0.15, -0.1) is 0 Å². The average Bonchev–Trinajstić information content (AvgIpc) is 2.92.